The highest BCUT2D eigenvalue weighted by Gasteiger charge is 2.34. The molecule has 0 N–H and O–H groups in total. The molecular weight excluding hydrogens is 165 g/mol. The summed E-state index contributed by atoms with van der Waals surface area (Å²) in [4.78, 5) is 0. The summed E-state index contributed by atoms with van der Waals surface area (Å²) in [5.41, 5.74) is 0.948. The van der Waals surface area contributed by atoms with Crippen LogP contribution in [0.1, 0.15) is 33.1 Å². The lowest BCUT2D eigenvalue weighted by Gasteiger charge is -2.14. The van der Waals surface area contributed by atoms with Gasteiger partial charge < -0.3 is 0 Å². The molecule has 0 aromatic heterocycles. The van der Waals surface area contributed by atoms with Crippen molar-refractivity contribution in [2.75, 3.05) is 0 Å². The molecule has 0 aromatic carbocycles. The van der Waals surface area contributed by atoms with Gasteiger partial charge in [-0.15, -0.1) is 6.58 Å². The van der Waals surface area contributed by atoms with E-state index in [1.807, 2.05) is 6.92 Å². The van der Waals surface area contributed by atoms with Crippen LogP contribution in [0.5, 0.6) is 0 Å². The van der Waals surface area contributed by atoms with Crippen LogP contribution in [0.25, 0.3) is 0 Å². The SMILES string of the molecule is C=C(C)CCC[C@@H](C)C(F)(F)F. The van der Waals surface area contributed by atoms with Gasteiger partial charge in [0.25, 0.3) is 0 Å². The van der Waals surface area contributed by atoms with Gasteiger partial charge in [0.15, 0.2) is 0 Å². The van der Waals surface area contributed by atoms with E-state index in [1.165, 1.54) is 6.92 Å². The Hall–Kier alpha value is -0.470. The van der Waals surface area contributed by atoms with Gasteiger partial charge in [-0.1, -0.05) is 12.5 Å². The molecule has 0 aliphatic carbocycles. The van der Waals surface area contributed by atoms with E-state index in [0.29, 0.717) is 12.8 Å². The molecule has 1 atom stereocenters. The molecule has 0 aliphatic heterocycles. The molecule has 3 heteroatoms. The predicted molar refractivity (Wildman–Crippen MR) is 43.9 cm³/mol. The first-order chi connectivity index (χ1) is 5.34. The average molecular weight is 180 g/mol. The predicted octanol–water partition coefficient (Wildman–Crippen LogP) is 3.93. The third-order valence-electron chi connectivity index (χ3n) is 1.80. The number of hydrogen-bond donors (Lipinski definition) is 0. The molecule has 0 saturated carbocycles. The summed E-state index contributed by atoms with van der Waals surface area (Å²) >= 11 is 0. The maximum atomic E-state index is 12.0. The summed E-state index contributed by atoms with van der Waals surface area (Å²) in [6.45, 7) is 6.69. The minimum atomic E-state index is -4.03. The monoisotopic (exact) mass is 180 g/mol. The van der Waals surface area contributed by atoms with Crippen molar-refractivity contribution in [2.24, 2.45) is 5.92 Å². The first kappa shape index (κ1) is 11.5. The van der Waals surface area contributed by atoms with E-state index in [-0.39, 0.29) is 6.42 Å². The second-order valence-electron chi connectivity index (χ2n) is 3.29. The van der Waals surface area contributed by atoms with Gasteiger partial charge in [0, 0.05) is 0 Å². The molecule has 12 heavy (non-hydrogen) atoms. The molecule has 0 rings (SSSR count). The molecule has 0 heterocycles. The summed E-state index contributed by atoms with van der Waals surface area (Å²) in [7, 11) is 0. The van der Waals surface area contributed by atoms with Gasteiger partial charge in [0.2, 0.25) is 0 Å². The maximum Gasteiger partial charge on any atom is 0.391 e. The second kappa shape index (κ2) is 4.53. The van der Waals surface area contributed by atoms with Crippen LogP contribution in [0.15, 0.2) is 12.2 Å². The molecule has 72 valence electrons. The Balaban J connectivity index is 3.58. The Labute approximate surface area is 71.5 Å². The summed E-state index contributed by atoms with van der Waals surface area (Å²) in [6, 6.07) is 0. The minimum Gasteiger partial charge on any atom is -0.171 e. The fraction of sp³-hybridized carbons (Fsp3) is 0.778. The number of hydrogen-bond acceptors (Lipinski definition) is 0. The molecule has 0 fully saturated rings. The van der Waals surface area contributed by atoms with Crippen LogP contribution in [0.3, 0.4) is 0 Å². The molecule has 0 spiro atoms. The lowest BCUT2D eigenvalue weighted by Crippen LogP contribution is -2.19. The Morgan fingerprint density at radius 3 is 2.25 bits per heavy atom. The highest BCUT2D eigenvalue weighted by molar-refractivity contribution is 4.87. The third kappa shape index (κ3) is 5.22. The van der Waals surface area contributed by atoms with Crippen LogP contribution in [-0.2, 0) is 0 Å². The standard InChI is InChI=1S/C9H15F3/c1-7(2)5-4-6-8(3)9(10,11)12/h8H,1,4-6H2,2-3H3/t8-/m1/s1. The van der Waals surface area contributed by atoms with Crippen LogP contribution in [0.2, 0.25) is 0 Å². The first-order valence-electron chi connectivity index (χ1n) is 4.05. The van der Waals surface area contributed by atoms with E-state index in [9.17, 15) is 13.2 Å². The summed E-state index contributed by atoms with van der Waals surface area (Å²) < 4.78 is 35.9. The van der Waals surface area contributed by atoms with Gasteiger partial charge in [-0.05, 0) is 26.2 Å². The summed E-state index contributed by atoms with van der Waals surface area (Å²) in [6.07, 6.45) is -2.55. The smallest absolute Gasteiger partial charge is 0.171 e. The Morgan fingerprint density at radius 1 is 1.42 bits per heavy atom. The molecule has 0 nitrogen and oxygen atoms in total. The molecule has 0 unspecified atom stereocenters. The van der Waals surface area contributed by atoms with E-state index < -0.39 is 12.1 Å². The fourth-order valence-electron chi connectivity index (χ4n) is 0.874. The maximum absolute atomic E-state index is 12.0. The van der Waals surface area contributed by atoms with Gasteiger partial charge >= 0.3 is 6.18 Å². The van der Waals surface area contributed by atoms with Crippen molar-refractivity contribution >= 4 is 0 Å². The van der Waals surface area contributed by atoms with Gasteiger partial charge in [0.05, 0.1) is 5.92 Å². The number of rotatable bonds is 4. The normalized spacial score (nSPS) is 14.4. The molecular formula is C9H15F3. The second-order valence-corrected chi connectivity index (χ2v) is 3.29. The van der Waals surface area contributed by atoms with Crippen LogP contribution >= 0.6 is 0 Å². The third-order valence-corrected chi connectivity index (χ3v) is 1.80. The lowest BCUT2D eigenvalue weighted by atomic mass is 10.0. The van der Waals surface area contributed by atoms with Crippen LogP contribution in [-0.4, -0.2) is 6.18 Å². The van der Waals surface area contributed by atoms with Crippen LogP contribution in [0.4, 0.5) is 13.2 Å². The van der Waals surface area contributed by atoms with Crippen molar-refractivity contribution in [1.82, 2.24) is 0 Å². The van der Waals surface area contributed by atoms with Crippen molar-refractivity contribution in [2.45, 2.75) is 39.3 Å². The average Bonchev–Trinajstić information content (AvgIpc) is 1.84. The summed E-state index contributed by atoms with van der Waals surface area (Å²) in [5, 5.41) is 0. The van der Waals surface area contributed by atoms with Crippen molar-refractivity contribution in [1.29, 1.82) is 0 Å². The zero-order chi connectivity index (χ0) is 9.78. The van der Waals surface area contributed by atoms with Crippen molar-refractivity contribution in [3.63, 3.8) is 0 Å². The summed E-state index contributed by atoms with van der Waals surface area (Å²) in [5.74, 6) is -1.18. The Morgan fingerprint density at radius 2 is 1.92 bits per heavy atom. The first-order valence-corrected chi connectivity index (χ1v) is 4.05. The molecule has 0 bridgehead atoms. The van der Waals surface area contributed by atoms with E-state index in [1.54, 1.807) is 0 Å². The zero-order valence-electron chi connectivity index (χ0n) is 7.54. The number of halogens is 3. The van der Waals surface area contributed by atoms with E-state index in [0.717, 1.165) is 5.57 Å². The zero-order valence-corrected chi connectivity index (χ0v) is 7.54. The molecule has 0 amide bonds. The van der Waals surface area contributed by atoms with Gasteiger partial charge in [-0.25, -0.2) is 0 Å². The molecule has 0 aromatic rings. The Kier molecular flexibility index (Phi) is 4.35. The fourth-order valence-corrected chi connectivity index (χ4v) is 0.874. The highest BCUT2D eigenvalue weighted by atomic mass is 19.4. The van der Waals surface area contributed by atoms with Crippen molar-refractivity contribution in [3.8, 4) is 0 Å². The van der Waals surface area contributed by atoms with Gasteiger partial charge in [0.1, 0.15) is 0 Å². The van der Waals surface area contributed by atoms with E-state index >= 15 is 0 Å². The number of alkyl halides is 3. The minimum absolute atomic E-state index is 0.205. The van der Waals surface area contributed by atoms with Crippen molar-refractivity contribution in [3.05, 3.63) is 12.2 Å². The molecule has 0 saturated heterocycles. The van der Waals surface area contributed by atoms with Crippen LogP contribution < -0.4 is 0 Å². The topological polar surface area (TPSA) is 0 Å². The quantitative estimate of drug-likeness (QED) is 0.575. The Bertz CT molecular complexity index is 146. The molecule has 0 radical (unpaired) electrons. The highest BCUT2D eigenvalue weighted by Crippen LogP contribution is 2.29. The number of allylic oxidation sites excluding steroid dienone is 1. The van der Waals surface area contributed by atoms with Gasteiger partial charge in [-0.3, -0.25) is 0 Å². The van der Waals surface area contributed by atoms with E-state index in [4.69, 9.17) is 0 Å². The van der Waals surface area contributed by atoms with E-state index in [2.05, 4.69) is 6.58 Å². The van der Waals surface area contributed by atoms with Gasteiger partial charge in [-0.2, -0.15) is 13.2 Å². The van der Waals surface area contributed by atoms with Crippen molar-refractivity contribution < 1.29 is 13.2 Å². The molecule has 0 aliphatic rings. The van der Waals surface area contributed by atoms with Crippen LogP contribution in [0, 0.1) is 5.92 Å². The lowest BCUT2D eigenvalue weighted by molar-refractivity contribution is -0.171. The largest absolute Gasteiger partial charge is 0.391 e.